The van der Waals surface area contributed by atoms with E-state index in [9.17, 15) is 4.79 Å². The monoisotopic (exact) mass is 391 g/mol. The average molecular weight is 391 g/mol. The molecule has 0 unspecified atom stereocenters. The number of amides is 1. The SMILES string of the molecule is CN(CCN1CCOCC1)c1ccc2c(c1)CO/C2=C1/C(=O)Nc2ccccc21. The van der Waals surface area contributed by atoms with Gasteiger partial charge in [-0.2, -0.15) is 0 Å². The molecule has 2 aromatic carbocycles. The van der Waals surface area contributed by atoms with E-state index in [1.54, 1.807) is 0 Å². The van der Waals surface area contributed by atoms with Gasteiger partial charge in [0.2, 0.25) is 0 Å². The molecule has 6 nitrogen and oxygen atoms in total. The lowest BCUT2D eigenvalue weighted by Gasteiger charge is -2.29. The predicted octanol–water partition coefficient (Wildman–Crippen LogP) is 2.81. The first-order valence-corrected chi connectivity index (χ1v) is 10.1. The minimum absolute atomic E-state index is 0.0965. The minimum atomic E-state index is -0.0965. The van der Waals surface area contributed by atoms with E-state index < -0.39 is 0 Å². The van der Waals surface area contributed by atoms with E-state index >= 15 is 0 Å². The van der Waals surface area contributed by atoms with Gasteiger partial charge in [0.05, 0.1) is 18.8 Å². The Labute approximate surface area is 170 Å². The second-order valence-corrected chi connectivity index (χ2v) is 7.71. The van der Waals surface area contributed by atoms with Crippen molar-refractivity contribution >= 4 is 28.6 Å². The summed E-state index contributed by atoms with van der Waals surface area (Å²) < 4.78 is 11.4. The van der Waals surface area contributed by atoms with Crippen molar-refractivity contribution < 1.29 is 14.3 Å². The molecule has 3 heterocycles. The number of hydrogen-bond donors (Lipinski definition) is 1. The minimum Gasteiger partial charge on any atom is -0.487 e. The third-order valence-corrected chi connectivity index (χ3v) is 5.90. The quantitative estimate of drug-likeness (QED) is 0.813. The molecule has 0 spiro atoms. The standard InChI is InChI=1S/C23H25N3O3/c1-25(8-9-26-10-12-28-13-11-26)17-6-7-18-16(14-17)15-29-22(18)21-19-4-2-3-5-20(19)24-23(21)27/h2-7,14H,8-13,15H2,1H3,(H,24,27)/b22-21+. The normalized spacial score (nSPS) is 20.8. The lowest BCUT2D eigenvalue weighted by Crippen LogP contribution is -2.40. The number of nitrogens with zero attached hydrogens (tertiary/aromatic N) is 2. The smallest absolute Gasteiger partial charge is 0.260 e. The molecule has 1 amide bonds. The number of carbonyl (C=O) groups is 1. The summed E-state index contributed by atoms with van der Waals surface area (Å²) in [5, 5.41) is 2.93. The van der Waals surface area contributed by atoms with E-state index in [-0.39, 0.29) is 5.91 Å². The van der Waals surface area contributed by atoms with Crippen molar-refractivity contribution in [2.75, 3.05) is 56.7 Å². The maximum absolute atomic E-state index is 12.6. The molecule has 150 valence electrons. The molecule has 0 atom stereocenters. The van der Waals surface area contributed by atoms with Crippen LogP contribution >= 0.6 is 0 Å². The molecule has 1 fully saturated rings. The fourth-order valence-electron chi connectivity index (χ4n) is 4.18. The lowest BCUT2D eigenvalue weighted by molar-refractivity contribution is -0.110. The first-order valence-electron chi connectivity index (χ1n) is 10.1. The molecule has 0 radical (unpaired) electrons. The van der Waals surface area contributed by atoms with Crippen LogP contribution in [-0.4, -0.2) is 57.2 Å². The first kappa shape index (κ1) is 18.2. The number of para-hydroxylation sites is 1. The molecule has 0 bridgehead atoms. The Balaban J connectivity index is 1.37. The van der Waals surface area contributed by atoms with Crippen LogP contribution in [0.3, 0.4) is 0 Å². The van der Waals surface area contributed by atoms with Crippen molar-refractivity contribution in [3.05, 3.63) is 59.2 Å². The highest BCUT2D eigenvalue weighted by Gasteiger charge is 2.32. The van der Waals surface area contributed by atoms with Crippen LogP contribution in [0.15, 0.2) is 42.5 Å². The van der Waals surface area contributed by atoms with Crippen LogP contribution in [0.1, 0.15) is 16.7 Å². The van der Waals surface area contributed by atoms with Crippen LogP contribution in [0, 0.1) is 0 Å². The number of nitrogens with one attached hydrogen (secondary N) is 1. The van der Waals surface area contributed by atoms with E-state index in [2.05, 4.69) is 40.4 Å². The van der Waals surface area contributed by atoms with Crippen molar-refractivity contribution in [2.24, 2.45) is 0 Å². The van der Waals surface area contributed by atoms with Crippen LogP contribution in [0.2, 0.25) is 0 Å². The number of benzene rings is 2. The summed E-state index contributed by atoms with van der Waals surface area (Å²) in [5.41, 5.74) is 5.69. The van der Waals surface area contributed by atoms with Crippen molar-refractivity contribution in [2.45, 2.75) is 6.61 Å². The molecular formula is C23H25N3O3. The Kier molecular flexibility index (Phi) is 4.73. The lowest BCUT2D eigenvalue weighted by atomic mass is 10.00. The van der Waals surface area contributed by atoms with Gasteiger partial charge in [-0.15, -0.1) is 0 Å². The molecule has 1 saturated heterocycles. The molecular weight excluding hydrogens is 366 g/mol. The van der Waals surface area contributed by atoms with Gasteiger partial charge in [0.25, 0.3) is 5.91 Å². The van der Waals surface area contributed by atoms with Crippen molar-refractivity contribution in [3.8, 4) is 0 Å². The number of likely N-dealkylation sites (N-methyl/N-ethyl adjacent to an activating group) is 1. The molecule has 5 rings (SSSR count). The highest BCUT2D eigenvalue weighted by molar-refractivity contribution is 6.36. The highest BCUT2D eigenvalue weighted by atomic mass is 16.5. The van der Waals surface area contributed by atoms with Crippen molar-refractivity contribution in [1.82, 2.24) is 4.90 Å². The summed E-state index contributed by atoms with van der Waals surface area (Å²) in [7, 11) is 2.12. The Hall–Kier alpha value is -2.83. The maximum Gasteiger partial charge on any atom is 0.260 e. The van der Waals surface area contributed by atoms with Crippen LogP contribution in [-0.2, 0) is 20.9 Å². The van der Waals surface area contributed by atoms with Crippen LogP contribution in [0.5, 0.6) is 0 Å². The summed E-state index contributed by atoms with van der Waals surface area (Å²) in [4.78, 5) is 17.3. The van der Waals surface area contributed by atoms with Crippen LogP contribution in [0.4, 0.5) is 11.4 Å². The number of hydrogen-bond acceptors (Lipinski definition) is 5. The number of rotatable bonds is 4. The Morgan fingerprint density at radius 1 is 1.10 bits per heavy atom. The number of morpholine rings is 1. The molecule has 0 saturated carbocycles. The van der Waals surface area contributed by atoms with Crippen molar-refractivity contribution in [3.63, 3.8) is 0 Å². The zero-order valence-corrected chi connectivity index (χ0v) is 16.6. The zero-order chi connectivity index (χ0) is 19.8. The van der Waals surface area contributed by atoms with E-state index in [0.717, 1.165) is 61.8 Å². The predicted molar refractivity (Wildman–Crippen MR) is 114 cm³/mol. The van der Waals surface area contributed by atoms with Crippen LogP contribution < -0.4 is 10.2 Å². The molecule has 3 aliphatic rings. The first-order chi connectivity index (χ1) is 14.2. The topological polar surface area (TPSA) is 54.0 Å². The second kappa shape index (κ2) is 7.54. The third kappa shape index (κ3) is 3.39. The number of fused-ring (bicyclic) bond motifs is 2. The van der Waals surface area contributed by atoms with E-state index in [1.165, 1.54) is 5.69 Å². The fraction of sp³-hybridized carbons (Fsp3) is 0.348. The van der Waals surface area contributed by atoms with E-state index in [1.807, 2.05) is 24.3 Å². The van der Waals surface area contributed by atoms with Crippen LogP contribution in [0.25, 0.3) is 11.3 Å². The maximum atomic E-state index is 12.6. The van der Waals surface area contributed by atoms with E-state index in [4.69, 9.17) is 9.47 Å². The summed E-state index contributed by atoms with van der Waals surface area (Å²) in [6, 6.07) is 14.1. The Morgan fingerprint density at radius 3 is 2.79 bits per heavy atom. The molecule has 0 aromatic heterocycles. The van der Waals surface area contributed by atoms with Gasteiger partial charge in [-0.05, 0) is 24.3 Å². The summed E-state index contributed by atoms with van der Waals surface area (Å²) >= 11 is 0. The van der Waals surface area contributed by atoms with Gasteiger partial charge in [-0.25, -0.2) is 0 Å². The summed E-state index contributed by atoms with van der Waals surface area (Å²) in [6.07, 6.45) is 0. The van der Waals surface area contributed by atoms with E-state index in [0.29, 0.717) is 17.9 Å². The molecule has 6 heteroatoms. The van der Waals surface area contributed by atoms with Gasteiger partial charge in [0.15, 0.2) is 0 Å². The largest absolute Gasteiger partial charge is 0.487 e. The molecule has 3 aliphatic heterocycles. The average Bonchev–Trinajstić information content (AvgIpc) is 3.31. The van der Waals surface area contributed by atoms with Gasteiger partial charge in [-0.1, -0.05) is 18.2 Å². The number of carbonyl (C=O) groups excluding carboxylic acids is 1. The Bertz CT molecular complexity index is 979. The molecule has 0 aliphatic carbocycles. The molecule has 1 N–H and O–H groups in total. The van der Waals surface area contributed by atoms with Gasteiger partial charge < -0.3 is 19.7 Å². The molecule has 2 aromatic rings. The fourth-order valence-corrected chi connectivity index (χ4v) is 4.18. The summed E-state index contributed by atoms with van der Waals surface area (Å²) in [5.74, 6) is 0.589. The highest BCUT2D eigenvalue weighted by Crippen LogP contribution is 2.42. The van der Waals surface area contributed by atoms with Gasteiger partial charge >= 0.3 is 0 Å². The van der Waals surface area contributed by atoms with Crippen molar-refractivity contribution in [1.29, 1.82) is 0 Å². The number of anilines is 2. The second-order valence-electron chi connectivity index (χ2n) is 7.71. The number of ether oxygens (including phenoxy) is 2. The zero-order valence-electron chi connectivity index (χ0n) is 16.6. The summed E-state index contributed by atoms with van der Waals surface area (Å²) in [6.45, 7) is 6.15. The van der Waals surface area contributed by atoms with Gasteiger partial charge in [0, 0.05) is 61.3 Å². The van der Waals surface area contributed by atoms with Gasteiger partial charge in [-0.3, -0.25) is 9.69 Å². The third-order valence-electron chi connectivity index (χ3n) is 5.90. The van der Waals surface area contributed by atoms with Gasteiger partial charge in [0.1, 0.15) is 12.4 Å². The Morgan fingerprint density at radius 2 is 1.93 bits per heavy atom. The molecule has 29 heavy (non-hydrogen) atoms.